The van der Waals surface area contributed by atoms with Gasteiger partial charge in [-0.1, -0.05) is 24.3 Å². The van der Waals surface area contributed by atoms with E-state index in [0.717, 1.165) is 0 Å². The second kappa shape index (κ2) is 4.45. The van der Waals surface area contributed by atoms with Crippen molar-refractivity contribution in [2.24, 2.45) is 0 Å². The molecule has 0 aliphatic heterocycles. The van der Waals surface area contributed by atoms with E-state index in [4.69, 9.17) is 0 Å². The molecular weight excluding hydrogens is 224 g/mol. The molecule has 0 spiro atoms. The largest absolute Gasteiger partial charge is 0.653 e. The molecule has 5 heteroatoms. The molecule has 0 N–H and O–H groups in total. The van der Waals surface area contributed by atoms with Crippen LogP contribution in [0.25, 0.3) is 0 Å². The Kier molecular flexibility index (Phi) is 3.73. The molecule has 0 saturated heterocycles. The van der Waals surface area contributed by atoms with E-state index in [2.05, 4.69) is 0 Å². The van der Waals surface area contributed by atoms with Crippen LogP contribution >= 0.6 is 7.92 Å². The Balaban J connectivity index is 3.04. The summed E-state index contributed by atoms with van der Waals surface area (Å²) in [7, 11) is -5.95. The third-order valence-corrected chi connectivity index (χ3v) is 3.88. The van der Waals surface area contributed by atoms with Crippen LogP contribution in [0.2, 0.25) is 0 Å². The molecule has 0 nitrogen and oxygen atoms in total. The van der Waals surface area contributed by atoms with Gasteiger partial charge in [-0.05, 0) is 25.1 Å². The van der Waals surface area contributed by atoms with E-state index in [1.54, 1.807) is 12.1 Å². The Morgan fingerprint density at radius 1 is 1.14 bits per heavy atom. The molecule has 0 aliphatic carbocycles. The highest BCUT2D eigenvalue weighted by molar-refractivity contribution is 7.55. The first-order valence-corrected chi connectivity index (χ1v) is 8.26. The van der Waals surface area contributed by atoms with Crippen LogP contribution in [-0.4, -0.2) is 22.4 Å². The van der Waals surface area contributed by atoms with Gasteiger partial charge in [0.25, 0.3) is 0 Å². The molecule has 1 aromatic carbocycles. The van der Waals surface area contributed by atoms with Crippen LogP contribution in [-0.2, 0) is 6.16 Å². The maximum Gasteiger partial charge on any atom is 0.653 e. The van der Waals surface area contributed by atoms with Gasteiger partial charge in [-0.15, -0.1) is 7.92 Å². The van der Waals surface area contributed by atoms with Gasteiger partial charge in [0.05, 0.1) is 0 Å². The normalized spacial score (nSPS) is 12.1. The quantitative estimate of drug-likeness (QED) is 0.430. The predicted molar refractivity (Wildman–Crippen MR) is 57.6 cm³/mol. The van der Waals surface area contributed by atoms with Crippen LogP contribution in [0.5, 0.6) is 0 Å². The van der Waals surface area contributed by atoms with Crippen LogP contribution in [0.3, 0.4) is 0 Å². The van der Waals surface area contributed by atoms with Gasteiger partial charge >= 0.3 is 9.08 Å². The Bertz CT molecular complexity index is 309. The van der Waals surface area contributed by atoms with E-state index in [-0.39, 0.29) is 13.1 Å². The van der Waals surface area contributed by atoms with Crippen LogP contribution in [0.1, 0.15) is 5.56 Å². The second-order valence-corrected chi connectivity index (χ2v) is 7.40. The molecule has 0 aliphatic rings. The van der Waals surface area contributed by atoms with Crippen molar-refractivity contribution in [3.8, 4) is 0 Å². The third kappa shape index (κ3) is 3.10. The minimum atomic E-state index is -5.63. The molecule has 0 atom stereocenters. The van der Waals surface area contributed by atoms with Crippen molar-refractivity contribution in [1.29, 1.82) is 0 Å². The smallest absolute Gasteiger partial charge is 0.234 e. The van der Waals surface area contributed by atoms with Crippen LogP contribution in [0.4, 0.5) is 12.3 Å². The molecule has 0 fully saturated rings. The van der Waals surface area contributed by atoms with Crippen LogP contribution < -0.4 is 5.19 Å². The summed E-state index contributed by atoms with van der Waals surface area (Å²) < 4.78 is 37.9. The molecule has 0 bridgehead atoms. The van der Waals surface area contributed by atoms with E-state index in [1.165, 1.54) is 12.1 Å². The zero-order valence-electron chi connectivity index (χ0n) is 8.10. The van der Waals surface area contributed by atoms with Crippen molar-refractivity contribution in [3.63, 3.8) is 0 Å². The van der Waals surface area contributed by atoms with Crippen molar-refractivity contribution in [2.75, 3.05) is 13.3 Å². The lowest BCUT2D eigenvalue weighted by Crippen LogP contribution is -2.36. The van der Waals surface area contributed by atoms with Gasteiger partial charge in [-0.3, -0.25) is 0 Å². The van der Waals surface area contributed by atoms with Crippen molar-refractivity contribution in [2.45, 2.75) is 6.16 Å². The minimum Gasteiger partial charge on any atom is -0.234 e. The highest BCUT2D eigenvalue weighted by Gasteiger charge is 2.41. The fraction of sp³-hybridized carbons (Fsp3) is 0.333. The van der Waals surface area contributed by atoms with Gasteiger partial charge in [0.15, 0.2) is 0 Å². The number of rotatable bonds is 3. The number of hydrogen-bond acceptors (Lipinski definition) is 0. The molecule has 1 rings (SSSR count). The summed E-state index contributed by atoms with van der Waals surface area (Å²) in [6.07, 6.45) is 0.567. The summed E-state index contributed by atoms with van der Waals surface area (Å²) in [5, 5.41) is -0.351. The first kappa shape index (κ1) is 11.7. The van der Waals surface area contributed by atoms with Gasteiger partial charge in [0, 0.05) is 5.19 Å². The third-order valence-electron chi connectivity index (χ3n) is 1.81. The van der Waals surface area contributed by atoms with E-state index in [9.17, 15) is 12.3 Å². The van der Waals surface area contributed by atoms with Crippen molar-refractivity contribution in [1.82, 2.24) is 0 Å². The fourth-order valence-electron chi connectivity index (χ4n) is 1.28. The standard InChI is InChI=1S/C9H12F3PSi/c1-13(2)7-8-5-3-4-6-9(8)14(10,11)12/h3-6H,7H2,1-2H3. The first-order valence-electron chi connectivity index (χ1n) is 4.21. The predicted octanol–water partition coefficient (Wildman–Crippen LogP) is 2.98. The summed E-state index contributed by atoms with van der Waals surface area (Å²) >= 11 is 0. The average molecular weight is 236 g/mol. The van der Waals surface area contributed by atoms with Crippen molar-refractivity contribution >= 4 is 22.2 Å². The number of benzene rings is 1. The maximum absolute atomic E-state index is 12.6. The molecule has 0 unspecified atom stereocenters. The molecule has 14 heavy (non-hydrogen) atoms. The molecule has 0 heterocycles. The summed E-state index contributed by atoms with van der Waals surface area (Å²) in [4.78, 5) is 0. The highest BCUT2D eigenvalue weighted by atomic mass is 31.1. The summed E-state index contributed by atoms with van der Waals surface area (Å²) in [5.41, 5.74) is 0.475. The Labute approximate surface area is 84.4 Å². The first-order chi connectivity index (χ1) is 6.41. The van der Waals surface area contributed by atoms with Crippen LogP contribution in [0.15, 0.2) is 24.3 Å². The van der Waals surface area contributed by atoms with Gasteiger partial charge < -0.3 is 0 Å². The van der Waals surface area contributed by atoms with E-state index in [1.807, 2.05) is 13.3 Å². The van der Waals surface area contributed by atoms with Crippen molar-refractivity contribution in [3.05, 3.63) is 29.8 Å². The molecule has 0 aromatic heterocycles. The SMILES string of the molecule is CP(C)Cc1ccccc1[Si](F)(F)F. The Hall–Kier alpha value is -0.343. The second-order valence-electron chi connectivity index (χ2n) is 3.39. The monoisotopic (exact) mass is 236 g/mol. The zero-order chi connectivity index (χ0) is 10.8. The minimum absolute atomic E-state index is 0.318. The lowest BCUT2D eigenvalue weighted by molar-refractivity contribution is 0.500. The number of hydrogen-bond donors (Lipinski definition) is 0. The Morgan fingerprint density at radius 3 is 2.21 bits per heavy atom. The average Bonchev–Trinajstić information content (AvgIpc) is 2.01. The molecular formula is C9H12F3PSi. The zero-order valence-corrected chi connectivity index (χ0v) is 9.99. The molecule has 0 radical (unpaired) electrons. The van der Waals surface area contributed by atoms with Crippen molar-refractivity contribution < 1.29 is 12.3 Å². The van der Waals surface area contributed by atoms with Crippen LogP contribution in [0, 0.1) is 0 Å². The topological polar surface area (TPSA) is 0 Å². The van der Waals surface area contributed by atoms with E-state index in [0.29, 0.717) is 11.7 Å². The Morgan fingerprint density at radius 2 is 1.71 bits per heavy atom. The summed E-state index contributed by atoms with van der Waals surface area (Å²) in [5.74, 6) is 0. The van der Waals surface area contributed by atoms with Gasteiger partial charge in [0.1, 0.15) is 0 Å². The number of halogens is 3. The highest BCUT2D eigenvalue weighted by Crippen LogP contribution is 2.30. The molecule has 0 amide bonds. The lowest BCUT2D eigenvalue weighted by atomic mass is 10.2. The van der Waals surface area contributed by atoms with E-state index >= 15 is 0 Å². The fourth-order valence-corrected chi connectivity index (χ4v) is 3.20. The summed E-state index contributed by atoms with van der Waals surface area (Å²) in [6.45, 7) is 3.98. The molecule has 0 saturated carbocycles. The lowest BCUT2D eigenvalue weighted by Gasteiger charge is -2.11. The molecule has 1 aromatic rings. The summed E-state index contributed by atoms with van der Waals surface area (Å²) in [6, 6.07) is 5.95. The van der Waals surface area contributed by atoms with Gasteiger partial charge in [-0.2, -0.15) is 0 Å². The maximum atomic E-state index is 12.6. The van der Waals surface area contributed by atoms with Gasteiger partial charge in [-0.25, -0.2) is 12.3 Å². The van der Waals surface area contributed by atoms with E-state index < -0.39 is 9.08 Å². The van der Waals surface area contributed by atoms with Gasteiger partial charge in [0.2, 0.25) is 0 Å². The molecule has 78 valence electrons.